The number of hydrogen-bond donors (Lipinski definition) is 1. The third-order valence-electron chi connectivity index (χ3n) is 4.47. The summed E-state index contributed by atoms with van der Waals surface area (Å²) in [5.74, 6) is -1.21. The van der Waals surface area contributed by atoms with E-state index in [1.807, 2.05) is 54.8 Å². The second kappa shape index (κ2) is 6.81. The molecule has 27 heavy (non-hydrogen) atoms. The quantitative estimate of drug-likeness (QED) is 0.569. The average molecular weight is 376 g/mol. The molecule has 2 heterocycles. The van der Waals surface area contributed by atoms with Crippen LogP contribution in [0.2, 0.25) is 0 Å². The van der Waals surface area contributed by atoms with E-state index in [1.54, 1.807) is 10.6 Å². The summed E-state index contributed by atoms with van der Waals surface area (Å²) < 4.78 is 1.79. The Bertz CT molecular complexity index is 1210. The number of pyridine rings is 1. The molecule has 1 N–H and O–H groups in total. The highest BCUT2D eigenvalue weighted by Gasteiger charge is 2.15. The molecule has 0 spiro atoms. The number of nitrogens with zero attached hydrogens (tertiary/aromatic N) is 2. The van der Waals surface area contributed by atoms with Crippen LogP contribution in [0.5, 0.6) is 0 Å². The van der Waals surface area contributed by atoms with E-state index in [4.69, 9.17) is 4.98 Å². The minimum Gasteiger partial charge on any atom is -0.477 e. The van der Waals surface area contributed by atoms with E-state index in [1.165, 1.54) is 17.5 Å². The molecule has 0 amide bonds. The lowest BCUT2D eigenvalue weighted by atomic mass is 10.1. The molecule has 0 atom stereocenters. The molecular formula is C21H16N2O3S. The first-order chi connectivity index (χ1) is 13.1. The van der Waals surface area contributed by atoms with Gasteiger partial charge < -0.3 is 9.67 Å². The van der Waals surface area contributed by atoms with Crippen molar-refractivity contribution >= 4 is 28.2 Å². The maximum absolute atomic E-state index is 12.5. The van der Waals surface area contributed by atoms with Crippen LogP contribution in [0.4, 0.5) is 0 Å². The Labute approximate surface area is 159 Å². The number of carboxylic acids is 1. The predicted octanol–water partition coefficient (Wildman–Crippen LogP) is 4.51. The van der Waals surface area contributed by atoms with Crippen LogP contribution in [0.15, 0.2) is 64.9 Å². The Morgan fingerprint density at radius 2 is 1.93 bits per heavy atom. The van der Waals surface area contributed by atoms with Crippen LogP contribution in [0.1, 0.15) is 17.3 Å². The van der Waals surface area contributed by atoms with Crippen molar-refractivity contribution in [3.63, 3.8) is 0 Å². The Morgan fingerprint density at radius 3 is 2.63 bits per heavy atom. The highest BCUT2D eigenvalue weighted by Crippen LogP contribution is 2.30. The SMILES string of the molecule is CCn1cc(C(=O)O)c(=O)c2ccc(-c3nc(-c4ccccc4)cs3)cc21. The molecule has 0 saturated carbocycles. The van der Waals surface area contributed by atoms with Crippen LogP contribution in [-0.4, -0.2) is 20.6 Å². The molecule has 4 rings (SSSR count). The highest BCUT2D eigenvalue weighted by molar-refractivity contribution is 7.13. The van der Waals surface area contributed by atoms with Gasteiger partial charge >= 0.3 is 5.97 Å². The second-order valence-electron chi connectivity index (χ2n) is 6.10. The molecule has 0 aliphatic rings. The lowest BCUT2D eigenvalue weighted by molar-refractivity contribution is 0.0695. The predicted molar refractivity (Wildman–Crippen MR) is 107 cm³/mol. The zero-order valence-corrected chi connectivity index (χ0v) is 15.4. The lowest BCUT2D eigenvalue weighted by Gasteiger charge is -2.11. The number of carbonyl (C=O) groups is 1. The number of benzene rings is 2. The van der Waals surface area contributed by atoms with Crippen molar-refractivity contribution in [1.29, 1.82) is 0 Å². The topological polar surface area (TPSA) is 72.2 Å². The summed E-state index contributed by atoms with van der Waals surface area (Å²) in [5.41, 5.74) is 2.90. The van der Waals surface area contributed by atoms with Crippen molar-refractivity contribution in [2.75, 3.05) is 0 Å². The van der Waals surface area contributed by atoms with Crippen LogP contribution >= 0.6 is 11.3 Å². The number of carboxylic acid groups (broad SMARTS) is 1. The van der Waals surface area contributed by atoms with E-state index < -0.39 is 11.4 Å². The summed E-state index contributed by atoms with van der Waals surface area (Å²) in [6, 6.07) is 15.4. The monoisotopic (exact) mass is 376 g/mol. The van der Waals surface area contributed by atoms with Gasteiger partial charge in [0.05, 0.1) is 11.2 Å². The molecule has 0 fully saturated rings. The first-order valence-corrected chi connectivity index (χ1v) is 9.38. The van der Waals surface area contributed by atoms with E-state index >= 15 is 0 Å². The van der Waals surface area contributed by atoms with Gasteiger partial charge in [0.25, 0.3) is 0 Å². The van der Waals surface area contributed by atoms with Crippen LogP contribution < -0.4 is 5.43 Å². The number of fused-ring (bicyclic) bond motifs is 1. The summed E-state index contributed by atoms with van der Waals surface area (Å²) in [7, 11) is 0. The fraction of sp³-hybridized carbons (Fsp3) is 0.0952. The number of aromatic carboxylic acids is 1. The summed E-state index contributed by atoms with van der Waals surface area (Å²) in [6.45, 7) is 2.48. The molecule has 6 heteroatoms. The third kappa shape index (κ3) is 3.04. The van der Waals surface area contributed by atoms with Gasteiger partial charge in [-0.3, -0.25) is 4.79 Å². The fourth-order valence-corrected chi connectivity index (χ4v) is 3.91. The average Bonchev–Trinajstić information content (AvgIpc) is 3.19. The third-order valence-corrected chi connectivity index (χ3v) is 5.36. The van der Waals surface area contributed by atoms with Crippen molar-refractivity contribution in [3.05, 3.63) is 75.9 Å². The van der Waals surface area contributed by atoms with Gasteiger partial charge in [0.1, 0.15) is 10.6 Å². The minimum absolute atomic E-state index is 0.210. The molecule has 0 saturated heterocycles. The summed E-state index contributed by atoms with van der Waals surface area (Å²) in [4.78, 5) is 28.5. The minimum atomic E-state index is -1.21. The molecule has 0 radical (unpaired) electrons. The molecule has 5 nitrogen and oxygen atoms in total. The number of thiazole rings is 1. The summed E-state index contributed by atoms with van der Waals surface area (Å²) in [5, 5.41) is 12.5. The Balaban J connectivity index is 1.85. The van der Waals surface area contributed by atoms with Gasteiger partial charge in [-0.2, -0.15) is 0 Å². The van der Waals surface area contributed by atoms with Gasteiger partial charge in [-0.1, -0.05) is 36.4 Å². The number of aryl methyl sites for hydroxylation is 1. The maximum Gasteiger partial charge on any atom is 0.341 e. The summed E-state index contributed by atoms with van der Waals surface area (Å²) in [6.07, 6.45) is 1.41. The zero-order chi connectivity index (χ0) is 19.0. The van der Waals surface area contributed by atoms with Gasteiger partial charge in [-0.15, -0.1) is 11.3 Å². The zero-order valence-electron chi connectivity index (χ0n) is 14.5. The van der Waals surface area contributed by atoms with Crippen molar-refractivity contribution in [2.24, 2.45) is 0 Å². The molecule has 4 aromatic rings. The van der Waals surface area contributed by atoms with Gasteiger partial charge in [0.2, 0.25) is 5.43 Å². The standard InChI is InChI=1S/C21H16N2O3S/c1-2-23-11-16(21(25)26)19(24)15-9-8-14(10-18(15)23)20-22-17(12-27-20)13-6-4-3-5-7-13/h3-12H,2H2,1H3,(H,25,26). The van der Waals surface area contributed by atoms with E-state index in [0.29, 0.717) is 17.4 Å². The molecule has 134 valence electrons. The molecule has 0 bridgehead atoms. The number of aromatic nitrogens is 2. The Morgan fingerprint density at radius 1 is 1.15 bits per heavy atom. The Hall–Kier alpha value is -3.25. The van der Waals surface area contributed by atoms with Crippen molar-refractivity contribution < 1.29 is 9.90 Å². The molecule has 0 unspecified atom stereocenters. The first kappa shape index (κ1) is 17.2. The van der Waals surface area contributed by atoms with Gasteiger partial charge in [-0.25, -0.2) is 9.78 Å². The number of hydrogen-bond acceptors (Lipinski definition) is 4. The molecule has 0 aliphatic carbocycles. The van der Waals surface area contributed by atoms with Crippen LogP contribution in [0.25, 0.3) is 32.7 Å². The van der Waals surface area contributed by atoms with E-state index in [9.17, 15) is 14.7 Å². The normalized spacial score (nSPS) is 11.0. The van der Waals surface area contributed by atoms with Crippen molar-refractivity contribution in [2.45, 2.75) is 13.5 Å². The lowest BCUT2D eigenvalue weighted by Crippen LogP contribution is -2.18. The largest absolute Gasteiger partial charge is 0.477 e. The molecule has 2 aromatic carbocycles. The van der Waals surface area contributed by atoms with Crippen LogP contribution in [-0.2, 0) is 6.54 Å². The smallest absolute Gasteiger partial charge is 0.341 e. The van der Waals surface area contributed by atoms with E-state index in [-0.39, 0.29) is 5.56 Å². The number of rotatable bonds is 4. The maximum atomic E-state index is 12.5. The van der Waals surface area contributed by atoms with E-state index in [2.05, 4.69) is 0 Å². The summed E-state index contributed by atoms with van der Waals surface area (Å²) >= 11 is 1.54. The fourth-order valence-electron chi connectivity index (χ4n) is 3.09. The van der Waals surface area contributed by atoms with Crippen molar-refractivity contribution in [3.8, 4) is 21.8 Å². The molecule has 2 aromatic heterocycles. The van der Waals surface area contributed by atoms with Gasteiger partial charge in [0.15, 0.2) is 0 Å². The van der Waals surface area contributed by atoms with Crippen LogP contribution in [0.3, 0.4) is 0 Å². The molecule has 0 aliphatic heterocycles. The first-order valence-electron chi connectivity index (χ1n) is 8.50. The second-order valence-corrected chi connectivity index (χ2v) is 6.96. The van der Waals surface area contributed by atoms with E-state index in [0.717, 1.165) is 21.8 Å². The van der Waals surface area contributed by atoms with Gasteiger partial charge in [-0.05, 0) is 19.1 Å². The molecular weight excluding hydrogens is 360 g/mol. The Kier molecular flexibility index (Phi) is 4.33. The highest BCUT2D eigenvalue weighted by atomic mass is 32.1. The van der Waals surface area contributed by atoms with Crippen LogP contribution in [0, 0.1) is 0 Å². The van der Waals surface area contributed by atoms with Crippen molar-refractivity contribution in [1.82, 2.24) is 9.55 Å². The van der Waals surface area contributed by atoms with Gasteiger partial charge in [0, 0.05) is 34.6 Å².